The van der Waals surface area contributed by atoms with Crippen LogP contribution in [0.1, 0.15) is 130 Å². The van der Waals surface area contributed by atoms with Crippen molar-refractivity contribution >= 4 is 7.26 Å². The van der Waals surface area contributed by atoms with E-state index in [1.54, 1.807) is 0 Å². The highest BCUT2D eigenvalue weighted by atomic mass is 79.9. The number of hydrogen-bond donors (Lipinski definition) is 0. The van der Waals surface area contributed by atoms with E-state index in [0.717, 1.165) is 6.61 Å². The fraction of sp³-hybridized carbons (Fsp3) is 1.00. The number of ether oxygens (including phenoxy) is 1. The lowest BCUT2D eigenvalue weighted by atomic mass is 10.1. The highest BCUT2D eigenvalue weighted by Crippen LogP contribution is 2.62. The van der Waals surface area contributed by atoms with E-state index >= 15 is 0 Å². The van der Waals surface area contributed by atoms with Gasteiger partial charge in [0.25, 0.3) is 0 Å². The third kappa shape index (κ3) is 16.6. The molecule has 0 heterocycles. The lowest BCUT2D eigenvalue weighted by Gasteiger charge is -2.31. The summed E-state index contributed by atoms with van der Waals surface area (Å²) in [7, 11) is -0.931. The summed E-state index contributed by atoms with van der Waals surface area (Å²) >= 11 is 0. The molecule has 0 spiro atoms. The van der Waals surface area contributed by atoms with Crippen molar-refractivity contribution in [3.8, 4) is 0 Å². The number of unbranched alkanes of at least 4 members (excludes halogenated alkanes) is 11. The molecule has 0 N–H and O–H groups in total. The van der Waals surface area contributed by atoms with Crippen LogP contribution in [0.3, 0.4) is 0 Å². The molecule has 0 aromatic heterocycles. The summed E-state index contributed by atoms with van der Waals surface area (Å²) in [4.78, 5) is 0. The number of hydrogen-bond acceptors (Lipinski definition) is 1. The minimum absolute atomic E-state index is 0. The zero-order chi connectivity index (χ0) is 20.2. The Morgan fingerprint density at radius 2 is 1.00 bits per heavy atom. The van der Waals surface area contributed by atoms with Crippen LogP contribution in [0.2, 0.25) is 0 Å². The second-order valence-electron chi connectivity index (χ2n) is 8.93. The second-order valence-corrected chi connectivity index (χ2v) is 13.4. The Bertz CT molecular complexity index is 290. The van der Waals surface area contributed by atoms with E-state index in [-0.39, 0.29) is 17.0 Å². The summed E-state index contributed by atoms with van der Waals surface area (Å²) < 4.78 is 6.56. The predicted octanol–water partition coefficient (Wildman–Crippen LogP) is 6.30. The van der Waals surface area contributed by atoms with Crippen LogP contribution in [0, 0.1) is 0 Å². The van der Waals surface area contributed by atoms with E-state index < -0.39 is 7.26 Å². The highest BCUT2D eigenvalue weighted by Gasteiger charge is 2.40. The van der Waals surface area contributed by atoms with Crippen LogP contribution in [-0.4, -0.2) is 31.4 Å². The van der Waals surface area contributed by atoms with E-state index in [1.807, 2.05) is 0 Å². The maximum atomic E-state index is 6.56. The molecular weight excluding hydrogens is 427 g/mol. The van der Waals surface area contributed by atoms with Crippen LogP contribution < -0.4 is 17.0 Å². The molecule has 0 fully saturated rings. The molecule has 0 amide bonds. The van der Waals surface area contributed by atoms with Crippen molar-refractivity contribution in [2.24, 2.45) is 0 Å². The fourth-order valence-corrected chi connectivity index (χ4v) is 8.29. The third-order valence-electron chi connectivity index (χ3n) is 6.08. The molecule has 0 bridgehead atoms. The Labute approximate surface area is 190 Å². The van der Waals surface area contributed by atoms with Gasteiger partial charge in [0, 0.05) is 13.7 Å². The molecule has 0 rings (SSSR count). The zero-order valence-corrected chi connectivity index (χ0v) is 22.7. The molecule has 0 aromatic carbocycles. The van der Waals surface area contributed by atoms with Crippen molar-refractivity contribution in [3.05, 3.63) is 0 Å². The van der Waals surface area contributed by atoms with Crippen LogP contribution in [-0.2, 0) is 4.74 Å². The zero-order valence-electron chi connectivity index (χ0n) is 20.2. The van der Waals surface area contributed by atoms with Crippen molar-refractivity contribution in [2.45, 2.75) is 136 Å². The largest absolute Gasteiger partial charge is 1.00 e. The standard InChI is InChI=1S/C25H54OP.BrH/c1-6-10-13-14-15-16-17-18-19-20-22-26-25(21-9-4)27(5,23-11-7-2)24-12-8-3;/h25H,6-24H2,1-5H3;1H/q+1;/p-1. The SMILES string of the molecule is CCCCCCCCCCCCOC(CCC)[P+](C)(CCCC)CCCC.[Br-]. The van der Waals surface area contributed by atoms with Crippen molar-refractivity contribution in [3.63, 3.8) is 0 Å². The molecular formula is C25H54BrOP. The molecule has 3 heteroatoms. The predicted molar refractivity (Wildman–Crippen MR) is 129 cm³/mol. The molecule has 1 atom stereocenters. The van der Waals surface area contributed by atoms with E-state index in [2.05, 4.69) is 34.4 Å². The molecule has 1 unspecified atom stereocenters. The van der Waals surface area contributed by atoms with Gasteiger partial charge in [0.2, 0.25) is 0 Å². The van der Waals surface area contributed by atoms with Gasteiger partial charge in [-0.05, 0) is 19.3 Å². The van der Waals surface area contributed by atoms with Gasteiger partial charge in [-0.15, -0.1) is 0 Å². The Morgan fingerprint density at radius 3 is 1.43 bits per heavy atom. The quantitative estimate of drug-likeness (QED) is 0.138. The molecule has 0 aliphatic carbocycles. The molecule has 1 nitrogen and oxygen atoms in total. The molecule has 0 aliphatic rings. The van der Waals surface area contributed by atoms with Gasteiger partial charge in [-0.3, -0.25) is 0 Å². The summed E-state index contributed by atoms with van der Waals surface area (Å²) in [6.07, 6.45) is 25.0. The summed E-state index contributed by atoms with van der Waals surface area (Å²) in [5.41, 5.74) is 0. The number of halogens is 1. The van der Waals surface area contributed by atoms with Gasteiger partial charge in [-0.2, -0.15) is 0 Å². The van der Waals surface area contributed by atoms with E-state index in [0.29, 0.717) is 5.85 Å². The molecule has 0 saturated carbocycles. The van der Waals surface area contributed by atoms with Crippen LogP contribution in [0.25, 0.3) is 0 Å². The average Bonchev–Trinajstić information content (AvgIpc) is 2.68. The van der Waals surface area contributed by atoms with Crippen molar-refractivity contribution in [1.29, 1.82) is 0 Å². The van der Waals surface area contributed by atoms with Gasteiger partial charge < -0.3 is 21.7 Å². The Morgan fingerprint density at radius 1 is 0.571 bits per heavy atom. The fourth-order valence-electron chi connectivity index (χ4n) is 4.07. The Balaban J connectivity index is 0. The first-order valence-electron chi connectivity index (χ1n) is 12.6. The summed E-state index contributed by atoms with van der Waals surface area (Å²) in [5.74, 6) is 0.583. The minimum Gasteiger partial charge on any atom is -1.00 e. The molecule has 0 aliphatic heterocycles. The average molecular weight is 482 g/mol. The van der Waals surface area contributed by atoms with Gasteiger partial charge >= 0.3 is 0 Å². The van der Waals surface area contributed by atoms with E-state index in [4.69, 9.17) is 4.74 Å². The maximum Gasteiger partial charge on any atom is 0.166 e. The van der Waals surface area contributed by atoms with Crippen LogP contribution >= 0.6 is 7.26 Å². The molecule has 28 heavy (non-hydrogen) atoms. The Kier molecular flexibility index (Phi) is 25.0. The first-order valence-corrected chi connectivity index (χ1v) is 15.3. The van der Waals surface area contributed by atoms with Crippen LogP contribution in [0.4, 0.5) is 0 Å². The normalized spacial score (nSPS) is 12.8. The third-order valence-corrected chi connectivity index (χ3v) is 10.6. The second kappa shape index (κ2) is 22.6. The van der Waals surface area contributed by atoms with Crippen LogP contribution in [0.15, 0.2) is 0 Å². The first kappa shape index (κ1) is 31.1. The van der Waals surface area contributed by atoms with Gasteiger partial charge in [-0.25, -0.2) is 0 Å². The lowest BCUT2D eigenvalue weighted by Crippen LogP contribution is -3.00. The van der Waals surface area contributed by atoms with Crippen molar-refractivity contribution < 1.29 is 21.7 Å². The molecule has 0 saturated heterocycles. The Hall–Kier alpha value is 0.870. The lowest BCUT2D eigenvalue weighted by molar-refractivity contribution is -0.00000714. The highest BCUT2D eigenvalue weighted by molar-refractivity contribution is 7.75. The summed E-state index contributed by atoms with van der Waals surface area (Å²) in [6.45, 7) is 12.9. The molecule has 0 radical (unpaired) electrons. The molecule has 0 aromatic rings. The summed E-state index contributed by atoms with van der Waals surface area (Å²) in [6, 6.07) is 0. The van der Waals surface area contributed by atoms with Gasteiger partial charge in [0.1, 0.15) is 0 Å². The van der Waals surface area contributed by atoms with Crippen molar-refractivity contribution in [2.75, 3.05) is 25.6 Å². The van der Waals surface area contributed by atoms with Gasteiger partial charge in [0.05, 0.1) is 25.6 Å². The van der Waals surface area contributed by atoms with E-state index in [1.165, 1.54) is 115 Å². The molecule has 172 valence electrons. The van der Waals surface area contributed by atoms with Gasteiger partial charge in [0.15, 0.2) is 5.85 Å². The van der Waals surface area contributed by atoms with Gasteiger partial charge in [-0.1, -0.05) is 105 Å². The number of rotatable bonds is 21. The summed E-state index contributed by atoms with van der Waals surface area (Å²) in [5, 5.41) is 0. The smallest absolute Gasteiger partial charge is 0.166 e. The van der Waals surface area contributed by atoms with Crippen molar-refractivity contribution in [1.82, 2.24) is 0 Å². The first-order chi connectivity index (χ1) is 13.1. The minimum atomic E-state index is -0.931. The monoisotopic (exact) mass is 480 g/mol. The van der Waals surface area contributed by atoms with Crippen LogP contribution in [0.5, 0.6) is 0 Å². The maximum absolute atomic E-state index is 6.56. The topological polar surface area (TPSA) is 9.23 Å². The van der Waals surface area contributed by atoms with E-state index in [9.17, 15) is 0 Å².